The molecule has 0 unspecified atom stereocenters. The van der Waals surface area contributed by atoms with E-state index in [1.54, 1.807) is 36.4 Å². The van der Waals surface area contributed by atoms with E-state index in [9.17, 15) is 19.2 Å². The Bertz CT molecular complexity index is 1460. The first-order valence-corrected chi connectivity index (χ1v) is 12.7. The van der Waals surface area contributed by atoms with E-state index in [0.29, 0.717) is 30.6 Å². The number of carbonyl (C=O) groups excluding carboxylic acids is 4. The van der Waals surface area contributed by atoms with Crippen LogP contribution in [0.25, 0.3) is 6.08 Å². The number of rotatable bonds is 7. The second kappa shape index (κ2) is 11.8. The zero-order valence-corrected chi connectivity index (χ0v) is 23.3. The van der Waals surface area contributed by atoms with E-state index >= 15 is 0 Å². The third kappa shape index (κ3) is 6.26. The number of hydrogen-bond donors (Lipinski definition) is 2. The molecule has 1 aliphatic heterocycles. The molecule has 2 N–H and O–H groups in total. The second-order valence-corrected chi connectivity index (χ2v) is 9.85. The van der Waals surface area contributed by atoms with E-state index in [-0.39, 0.29) is 23.6 Å². The van der Waals surface area contributed by atoms with Gasteiger partial charge in [-0.25, -0.2) is 9.69 Å². The van der Waals surface area contributed by atoms with Gasteiger partial charge in [-0.05, 0) is 94.9 Å². The van der Waals surface area contributed by atoms with Crippen LogP contribution in [0.4, 0.5) is 16.2 Å². The number of carbonyl (C=O) groups is 4. The standard InChI is InChI=1S/C26H18Cl2IN3O6/c1-37-21-12-14(11-20(29)23(21)38-13-22(33)30-17-6-2-15(27)3-7-17)10-19-24(34)31-26(36)32(25(19)35)18-8-4-16(28)5-9-18/h2-12H,13H2,1H3,(H,30,33)(H,31,34,36)/b19-10+. The first kappa shape index (κ1) is 27.4. The molecular formula is C26H18Cl2IN3O6. The predicted octanol–water partition coefficient (Wildman–Crippen LogP) is 5.29. The molecule has 1 aliphatic rings. The van der Waals surface area contributed by atoms with Crippen LogP contribution in [0.2, 0.25) is 10.0 Å². The second-order valence-electron chi connectivity index (χ2n) is 7.81. The van der Waals surface area contributed by atoms with Gasteiger partial charge in [-0.1, -0.05) is 23.2 Å². The lowest BCUT2D eigenvalue weighted by atomic mass is 10.1. The lowest BCUT2D eigenvalue weighted by molar-refractivity contribution is -0.122. The van der Waals surface area contributed by atoms with Crippen molar-refractivity contribution >= 4 is 87.0 Å². The minimum Gasteiger partial charge on any atom is -0.493 e. The molecule has 194 valence electrons. The van der Waals surface area contributed by atoms with E-state index in [1.165, 1.54) is 37.5 Å². The molecule has 4 rings (SSSR count). The molecule has 12 heteroatoms. The van der Waals surface area contributed by atoms with Crippen molar-refractivity contribution in [3.63, 3.8) is 0 Å². The van der Waals surface area contributed by atoms with Crippen LogP contribution in [0.1, 0.15) is 5.56 Å². The average molecular weight is 666 g/mol. The smallest absolute Gasteiger partial charge is 0.335 e. The summed E-state index contributed by atoms with van der Waals surface area (Å²) < 4.78 is 11.7. The molecule has 3 aromatic carbocycles. The Kier molecular flexibility index (Phi) is 8.55. The number of imide groups is 2. The summed E-state index contributed by atoms with van der Waals surface area (Å²) in [4.78, 5) is 51.2. The number of halogens is 3. The van der Waals surface area contributed by atoms with Gasteiger partial charge in [0.15, 0.2) is 18.1 Å². The molecular weight excluding hydrogens is 648 g/mol. The molecule has 1 heterocycles. The number of hydrogen-bond acceptors (Lipinski definition) is 6. The summed E-state index contributed by atoms with van der Waals surface area (Å²) in [6.45, 7) is -0.297. The van der Waals surface area contributed by atoms with Crippen molar-refractivity contribution in [1.82, 2.24) is 5.32 Å². The highest BCUT2D eigenvalue weighted by Gasteiger charge is 2.36. The summed E-state index contributed by atoms with van der Waals surface area (Å²) in [6.07, 6.45) is 1.34. The van der Waals surface area contributed by atoms with Gasteiger partial charge in [0.05, 0.1) is 16.4 Å². The number of nitrogens with zero attached hydrogens (tertiary/aromatic N) is 1. The molecule has 0 atom stereocenters. The highest BCUT2D eigenvalue weighted by molar-refractivity contribution is 14.1. The quantitative estimate of drug-likeness (QED) is 0.201. The van der Waals surface area contributed by atoms with Crippen LogP contribution >= 0.6 is 45.8 Å². The minimum atomic E-state index is -0.868. The molecule has 0 radical (unpaired) electrons. The summed E-state index contributed by atoms with van der Waals surface area (Å²) in [5, 5.41) is 5.84. The normalized spacial score (nSPS) is 14.4. The van der Waals surface area contributed by atoms with Gasteiger partial charge in [0.2, 0.25) is 0 Å². The topological polar surface area (TPSA) is 114 Å². The van der Waals surface area contributed by atoms with Crippen molar-refractivity contribution in [2.75, 3.05) is 23.9 Å². The van der Waals surface area contributed by atoms with Gasteiger partial charge in [-0.15, -0.1) is 0 Å². The number of benzene rings is 3. The van der Waals surface area contributed by atoms with Crippen LogP contribution in [0, 0.1) is 3.57 Å². The van der Waals surface area contributed by atoms with E-state index in [2.05, 4.69) is 10.6 Å². The van der Waals surface area contributed by atoms with Crippen molar-refractivity contribution in [3.8, 4) is 11.5 Å². The molecule has 0 aromatic heterocycles. The maximum absolute atomic E-state index is 13.1. The van der Waals surface area contributed by atoms with E-state index in [0.717, 1.165) is 4.90 Å². The largest absolute Gasteiger partial charge is 0.493 e. The maximum atomic E-state index is 13.1. The molecule has 9 nitrogen and oxygen atoms in total. The van der Waals surface area contributed by atoms with Gasteiger partial charge in [0.1, 0.15) is 5.57 Å². The number of methoxy groups -OCH3 is 1. The first-order chi connectivity index (χ1) is 18.2. The molecule has 0 aliphatic carbocycles. The van der Waals surface area contributed by atoms with Gasteiger partial charge < -0.3 is 14.8 Å². The number of anilines is 2. The van der Waals surface area contributed by atoms with Crippen molar-refractivity contribution in [2.24, 2.45) is 0 Å². The monoisotopic (exact) mass is 665 g/mol. The molecule has 1 saturated heterocycles. The number of barbiturate groups is 1. The van der Waals surface area contributed by atoms with Crippen LogP contribution in [0.15, 0.2) is 66.2 Å². The van der Waals surface area contributed by atoms with Gasteiger partial charge in [0.25, 0.3) is 17.7 Å². The lowest BCUT2D eigenvalue weighted by Crippen LogP contribution is -2.54. The van der Waals surface area contributed by atoms with Crippen molar-refractivity contribution in [1.29, 1.82) is 0 Å². The fourth-order valence-electron chi connectivity index (χ4n) is 3.48. The van der Waals surface area contributed by atoms with Crippen LogP contribution in [-0.2, 0) is 14.4 Å². The fourth-order valence-corrected chi connectivity index (χ4v) is 4.51. The zero-order chi connectivity index (χ0) is 27.4. The first-order valence-electron chi connectivity index (χ1n) is 10.9. The van der Waals surface area contributed by atoms with Crippen LogP contribution in [0.3, 0.4) is 0 Å². The Morgan fingerprint density at radius 3 is 2.29 bits per heavy atom. The average Bonchev–Trinajstić information content (AvgIpc) is 2.88. The van der Waals surface area contributed by atoms with Crippen molar-refractivity contribution in [2.45, 2.75) is 0 Å². The minimum absolute atomic E-state index is 0.253. The number of amides is 5. The third-order valence-corrected chi connectivity index (χ3v) is 6.53. The third-order valence-electron chi connectivity index (χ3n) is 5.22. The fraction of sp³-hybridized carbons (Fsp3) is 0.0769. The zero-order valence-electron chi connectivity index (χ0n) is 19.6. The molecule has 1 fully saturated rings. The number of urea groups is 1. The number of nitrogens with one attached hydrogen (secondary N) is 2. The van der Waals surface area contributed by atoms with Gasteiger partial charge >= 0.3 is 6.03 Å². The Labute approximate surface area is 240 Å². The molecule has 0 spiro atoms. The van der Waals surface area contributed by atoms with Crippen LogP contribution in [0.5, 0.6) is 11.5 Å². The van der Waals surface area contributed by atoms with E-state index < -0.39 is 23.8 Å². The van der Waals surface area contributed by atoms with E-state index in [4.69, 9.17) is 32.7 Å². The predicted molar refractivity (Wildman–Crippen MR) is 152 cm³/mol. The summed E-state index contributed by atoms with van der Waals surface area (Å²) in [6, 6.07) is 15.0. The Balaban J connectivity index is 1.55. The van der Waals surface area contributed by atoms with Crippen molar-refractivity contribution < 1.29 is 28.7 Å². The molecule has 0 bridgehead atoms. The van der Waals surface area contributed by atoms with E-state index in [1.807, 2.05) is 22.6 Å². The summed E-state index contributed by atoms with van der Waals surface area (Å²) in [5.74, 6) is -1.45. The maximum Gasteiger partial charge on any atom is 0.335 e. The van der Waals surface area contributed by atoms with Crippen LogP contribution < -0.4 is 25.0 Å². The Morgan fingerprint density at radius 1 is 1.03 bits per heavy atom. The summed E-state index contributed by atoms with van der Waals surface area (Å²) in [7, 11) is 1.42. The molecule has 3 aromatic rings. The molecule has 0 saturated carbocycles. The van der Waals surface area contributed by atoms with Gasteiger partial charge in [-0.2, -0.15) is 0 Å². The lowest BCUT2D eigenvalue weighted by Gasteiger charge is -2.26. The highest BCUT2D eigenvalue weighted by Crippen LogP contribution is 2.35. The van der Waals surface area contributed by atoms with Crippen LogP contribution in [-0.4, -0.2) is 37.5 Å². The highest BCUT2D eigenvalue weighted by atomic mass is 127. The molecule has 5 amide bonds. The Morgan fingerprint density at radius 2 is 1.66 bits per heavy atom. The summed E-state index contributed by atoms with van der Waals surface area (Å²) >= 11 is 13.7. The molecule has 38 heavy (non-hydrogen) atoms. The van der Waals surface area contributed by atoms with Crippen molar-refractivity contribution in [3.05, 3.63) is 85.4 Å². The SMILES string of the molecule is COc1cc(/C=C2\C(=O)NC(=O)N(c3ccc(Cl)cc3)C2=O)cc(I)c1OCC(=O)Nc1ccc(Cl)cc1. The Hall–Kier alpha value is -3.61. The van der Waals surface area contributed by atoms with Gasteiger partial charge in [0, 0.05) is 15.7 Å². The summed E-state index contributed by atoms with van der Waals surface area (Å²) in [5.41, 5.74) is 0.998. The number of ether oxygens (including phenoxy) is 2. The van der Waals surface area contributed by atoms with Gasteiger partial charge in [-0.3, -0.25) is 19.7 Å².